The van der Waals surface area contributed by atoms with Gasteiger partial charge in [0.2, 0.25) is 17.1 Å². The number of rotatable bonds is 7. The molecule has 0 spiro atoms. The molecular formula is C41H58ClN7O8S2. The normalized spacial score (nSPS) is 24.7. The molecule has 2 aromatic heterocycles. The van der Waals surface area contributed by atoms with Crippen molar-refractivity contribution in [1.29, 1.82) is 0 Å². The second-order valence-electron chi connectivity index (χ2n) is 17.0. The lowest BCUT2D eigenvalue weighted by molar-refractivity contribution is -0.140. The Labute approximate surface area is 356 Å². The van der Waals surface area contributed by atoms with E-state index in [2.05, 4.69) is 62.9 Å². The Morgan fingerprint density at radius 1 is 1.15 bits per heavy atom. The number of aromatic nitrogens is 3. The highest BCUT2D eigenvalue weighted by atomic mass is 35.5. The van der Waals surface area contributed by atoms with Gasteiger partial charge in [0, 0.05) is 50.5 Å². The molecule has 0 bridgehead atoms. The predicted molar refractivity (Wildman–Crippen MR) is 228 cm³/mol. The number of benzene rings is 1. The number of imidazole rings is 1. The largest absolute Gasteiger partial charge is 0.444 e. The first-order valence-electron chi connectivity index (χ1n) is 20.2. The molecule has 15 nitrogen and oxygen atoms in total. The zero-order valence-corrected chi connectivity index (χ0v) is 37.5. The fourth-order valence-corrected chi connectivity index (χ4v) is 9.45. The van der Waals surface area contributed by atoms with Crippen molar-refractivity contribution in [2.24, 2.45) is 11.3 Å². The van der Waals surface area contributed by atoms with Crippen molar-refractivity contribution in [2.75, 3.05) is 20.6 Å². The van der Waals surface area contributed by atoms with E-state index in [4.69, 9.17) is 16.3 Å². The lowest BCUT2D eigenvalue weighted by atomic mass is 9.91. The molecular weight excluding hydrogens is 818 g/mol. The van der Waals surface area contributed by atoms with Crippen molar-refractivity contribution in [2.45, 2.75) is 129 Å². The van der Waals surface area contributed by atoms with Crippen LogP contribution in [0, 0.1) is 11.3 Å². The van der Waals surface area contributed by atoms with Crippen molar-refractivity contribution in [1.82, 2.24) is 33.8 Å². The minimum atomic E-state index is -4.07. The smallest absolute Gasteiger partial charge is 0.408 e. The molecule has 0 radical (unpaired) electrons. The molecule has 324 valence electrons. The molecule has 2 aliphatic heterocycles. The van der Waals surface area contributed by atoms with Crippen molar-refractivity contribution in [3.63, 3.8) is 0 Å². The van der Waals surface area contributed by atoms with Crippen LogP contribution >= 0.6 is 22.9 Å². The zero-order chi connectivity index (χ0) is 43.4. The summed E-state index contributed by atoms with van der Waals surface area (Å²) >= 11 is 7.95. The van der Waals surface area contributed by atoms with E-state index in [0.717, 1.165) is 57.3 Å². The number of amides is 3. The van der Waals surface area contributed by atoms with Gasteiger partial charge in [-0.25, -0.2) is 19.5 Å². The van der Waals surface area contributed by atoms with Gasteiger partial charge in [-0.1, -0.05) is 38.0 Å². The Kier molecular flexibility index (Phi) is 14.7. The summed E-state index contributed by atoms with van der Waals surface area (Å²) in [4.78, 5) is 63.5. The third-order valence-electron chi connectivity index (χ3n) is 10.8. The van der Waals surface area contributed by atoms with Gasteiger partial charge in [0.1, 0.15) is 22.2 Å². The number of halogens is 1. The lowest BCUT2D eigenvalue weighted by Gasteiger charge is -2.30. The summed E-state index contributed by atoms with van der Waals surface area (Å²) in [6, 6.07) is 4.51. The molecule has 1 aromatic carbocycles. The highest BCUT2D eigenvalue weighted by Crippen LogP contribution is 2.57. The van der Waals surface area contributed by atoms with Gasteiger partial charge in [-0.05, 0) is 96.4 Å². The fourth-order valence-electron chi connectivity index (χ4n) is 7.53. The molecule has 3 aliphatic rings. The van der Waals surface area contributed by atoms with E-state index in [0.29, 0.717) is 24.5 Å². The molecule has 4 heterocycles. The van der Waals surface area contributed by atoms with Crippen molar-refractivity contribution < 1.29 is 37.4 Å². The van der Waals surface area contributed by atoms with Gasteiger partial charge >= 0.3 is 16.3 Å². The van der Waals surface area contributed by atoms with Gasteiger partial charge in [0.15, 0.2) is 5.78 Å². The van der Waals surface area contributed by atoms with Crippen LogP contribution in [0.3, 0.4) is 0 Å². The molecule has 3 aromatic rings. The second-order valence-corrected chi connectivity index (χ2v) is 20.1. The number of carbonyl (C=O) groups is 4. The Bertz CT molecular complexity index is 2160. The summed E-state index contributed by atoms with van der Waals surface area (Å²) in [6.45, 7) is 11.4. The molecule has 1 aliphatic carbocycles. The van der Waals surface area contributed by atoms with Crippen LogP contribution in [0.15, 0.2) is 35.7 Å². The maximum atomic E-state index is 13.6. The SMILES string of the molecule is CCc1csc(-c2cccc3c2nc(Cl)n3C(C)C)n1.CN(C)S(=O)(=O)NC(=O)[C@]12CC(=O)[C@@H]3C[C@@H](O)CN3C(=O)[C@@H](NC(=O)OC(C)(C)C)CCCCC/C=C\[C@@H]1C2. The Hall–Kier alpha value is -3.90. The summed E-state index contributed by atoms with van der Waals surface area (Å²) in [7, 11) is -1.47. The highest BCUT2D eigenvalue weighted by molar-refractivity contribution is 7.87. The number of allylic oxidation sites excluding steroid dienone is 2. The number of aliphatic hydroxyl groups is 1. The number of carbonyl (C=O) groups excluding carboxylic acids is 4. The summed E-state index contributed by atoms with van der Waals surface area (Å²) in [5.41, 5.74) is 2.16. The molecule has 0 unspecified atom stereocenters. The van der Waals surface area contributed by atoms with Gasteiger partial charge in [-0.2, -0.15) is 12.7 Å². The minimum absolute atomic E-state index is 0.00205. The van der Waals surface area contributed by atoms with E-state index in [1.807, 2.05) is 18.2 Å². The van der Waals surface area contributed by atoms with Crippen LogP contribution in [0.4, 0.5) is 4.79 Å². The van der Waals surface area contributed by atoms with Crippen LogP contribution in [-0.2, 0) is 35.8 Å². The molecule has 1 saturated heterocycles. The number of thiazole rings is 1. The molecule has 3 amide bonds. The number of hydrogen-bond donors (Lipinski definition) is 3. The van der Waals surface area contributed by atoms with Crippen LogP contribution in [0.25, 0.3) is 21.6 Å². The number of ether oxygens (including phenoxy) is 1. The van der Waals surface area contributed by atoms with Gasteiger partial charge in [-0.3, -0.25) is 14.4 Å². The fraction of sp³-hybridized carbons (Fsp3) is 0.610. The lowest BCUT2D eigenvalue weighted by Crippen LogP contribution is -2.53. The van der Waals surface area contributed by atoms with E-state index in [9.17, 15) is 32.7 Å². The van der Waals surface area contributed by atoms with Gasteiger partial charge < -0.3 is 24.6 Å². The van der Waals surface area contributed by atoms with E-state index in [-0.39, 0.29) is 31.3 Å². The molecule has 2 fully saturated rings. The third kappa shape index (κ3) is 11.1. The molecule has 59 heavy (non-hydrogen) atoms. The van der Waals surface area contributed by atoms with Crippen LogP contribution in [0.2, 0.25) is 5.28 Å². The number of alkyl carbamates (subject to hydrolysis) is 1. The molecule has 6 rings (SSSR count). The maximum absolute atomic E-state index is 13.6. The molecule has 5 atom stereocenters. The van der Waals surface area contributed by atoms with E-state index >= 15 is 0 Å². The van der Waals surface area contributed by atoms with E-state index < -0.39 is 63.1 Å². The summed E-state index contributed by atoms with van der Waals surface area (Å²) in [5, 5.41) is 16.7. The van der Waals surface area contributed by atoms with E-state index in [1.54, 1.807) is 32.1 Å². The topological polar surface area (TPSA) is 193 Å². The molecule has 3 N–H and O–H groups in total. The number of hydrogen-bond acceptors (Lipinski definition) is 11. The number of aryl methyl sites for hydroxylation is 1. The van der Waals surface area contributed by atoms with Crippen molar-refractivity contribution in [3.05, 3.63) is 46.7 Å². The van der Waals surface area contributed by atoms with Gasteiger partial charge in [-0.15, -0.1) is 11.3 Å². The number of ketones is 1. The van der Waals surface area contributed by atoms with Crippen LogP contribution < -0.4 is 10.0 Å². The number of nitrogens with zero attached hydrogens (tertiary/aromatic N) is 5. The van der Waals surface area contributed by atoms with E-state index in [1.165, 1.54) is 19.0 Å². The average Bonchev–Trinajstić information content (AvgIpc) is 3.45. The van der Waals surface area contributed by atoms with Crippen molar-refractivity contribution in [3.8, 4) is 10.6 Å². The first kappa shape index (κ1) is 46.2. The number of fused-ring (bicyclic) bond motifs is 3. The average molecular weight is 877 g/mol. The first-order chi connectivity index (χ1) is 27.7. The maximum Gasteiger partial charge on any atom is 0.408 e. The molecule has 18 heteroatoms. The second kappa shape index (κ2) is 18.8. The number of Topliss-reactive ketones (excluding diaryl/α,β-unsaturated/α-hetero) is 1. The van der Waals surface area contributed by atoms with Crippen molar-refractivity contribution >= 4 is 67.9 Å². The van der Waals surface area contributed by atoms with Crippen LogP contribution in [0.5, 0.6) is 0 Å². The first-order valence-corrected chi connectivity index (χ1v) is 22.9. The summed E-state index contributed by atoms with van der Waals surface area (Å²) < 4.78 is 35.1. The Morgan fingerprint density at radius 2 is 1.88 bits per heavy atom. The standard InChI is InChI=1S/C26H42N4O8S.C15H16ClN3S/c1-25(2,3)38-24(35)27-19-12-10-8-6-7-9-11-17-14-26(17,23(34)28-39(36,37)29(4)5)15-21(32)20-13-18(31)16-30(20)22(19)33;1-4-10-8-20-14(17-10)11-6-5-7-12-13(11)18-15(16)19(12)9(2)3/h9,11,17-20,31H,6-8,10,12-16H2,1-5H3,(H,27,35)(H,28,34);5-9H,4H2,1-3H3/b11-9-;/t17-,18-,19+,20+,26-;/m1./s1. The number of para-hydroxylation sites is 1. The summed E-state index contributed by atoms with van der Waals surface area (Å²) in [6.07, 6.45) is 6.40. The van der Waals surface area contributed by atoms with Crippen LogP contribution in [0.1, 0.15) is 105 Å². The Morgan fingerprint density at radius 3 is 2.53 bits per heavy atom. The van der Waals surface area contributed by atoms with Crippen LogP contribution in [-0.4, -0.2) is 105 Å². The zero-order valence-electron chi connectivity index (χ0n) is 35.2. The van der Waals surface area contributed by atoms with Gasteiger partial charge in [0.05, 0.1) is 28.8 Å². The number of aliphatic hydroxyl groups excluding tert-OH is 1. The monoisotopic (exact) mass is 875 g/mol. The predicted octanol–water partition coefficient (Wildman–Crippen LogP) is 6.21. The summed E-state index contributed by atoms with van der Waals surface area (Å²) in [5.74, 6) is -2.01. The highest BCUT2D eigenvalue weighted by Gasteiger charge is 2.61. The third-order valence-corrected chi connectivity index (χ3v) is 13.4. The number of nitrogens with one attached hydrogen (secondary N) is 2. The Balaban J connectivity index is 0.000000274. The van der Waals surface area contributed by atoms with Gasteiger partial charge in [0.25, 0.3) is 0 Å². The molecule has 1 saturated carbocycles. The minimum Gasteiger partial charge on any atom is -0.444 e. The quantitative estimate of drug-likeness (QED) is 0.230.